The summed E-state index contributed by atoms with van der Waals surface area (Å²) in [6.07, 6.45) is 0. The summed E-state index contributed by atoms with van der Waals surface area (Å²) in [5.41, 5.74) is 0.826. The Morgan fingerprint density at radius 2 is 2.16 bits per heavy atom. The molecule has 104 valence electrons. The Kier molecular flexibility index (Phi) is 4.27. The van der Waals surface area contributed by atoms with Crippen molar-refractivity contribution in [2.75, 3.05) is 18.6 Å². The molecule has 0 amide bonds. The molecule has 0 radical (unpaired) electrons. The molecule has 2 unspecified atom stereocenters. The van der Waals surface area contributed by atoms with Gasteiger partial charge in [0.05, 0.1) is 18.6 Å². The molecule has 0 aliphatic carbocycles. The lowest BCUT2D eigenvalue weighted by atomic mass is 10.1. The van der Waals surface area contributed by atoms with Crippen LogP contribution in [0.25, 0.3) is 0 Å². The van der Waals surface area contributed by atoms with Gasteiger partial charge in [-0.2, -0.15) is 0 Å². The maximum Gasteiger partial charge on any atom is 0.323 e. The third-order valence-corrected chi connectivity index (χ3v) is 5.16. The van der Waals surface area contributed by atoms with Crippen molar-refractivity contribution in [1.29, 1.82) is 0 Å². The van der Waals surface area contributed by atoms with E-state index < -0.39 is 27.9 Å². The van der Waals surface area contributed by atoms with Crippen molar-refractivity contribution in [2.45, 2.75) is 12.1 Å². The molecular formula is C12H14BrNO4S. The van der Waals surface area contributed by atoms with E-state index in [9.17, 15) is 13.2 Å². The molecule has 19 heavy (non-hydrogen) atoms. The van der Waals surface area contributed by atoms with Crippen LogP contribution in [0.1, 0.15) is 11.6 Å². The van der Waals surface area contributed by atoms with Crippen LogP contribution in [0.15, 0.2) is 28.7 Å². The molecule has 1 saturated heterocycles. The molecule has 1 heterocycles. The van der Waals surface area contributed by atoms with E-state index in [-0.39, 0.29) is 11.5 Å². The van der Waals surface area contributed by atoms with E-state index in [2.05, 4.69) is 26.0 Å². The predicted octanol–water partition coefficient (Wildman–Crippen LogP) is 1.05. The van der Waals surface area contributed by atoms with Crippen LogP contribution >= 0.6 is 15.9 Å². The summed E-state index contributed by atoms with van der Waals surface area (Å²) < 4.78 is 29.3. The number of methoxy groups -OCH3 is 1. The summed E-state index contributed by atoms with van der Waals surface area (Å²) >= 11 is 3.35. The van der Waals surface area contributed by atoms with Gasteiger partial charge in [0.1, 0.15) is 6.04 Å². The SMILES string of the molecule is COC(=O)C1CS(=O)(=O)CC(c2cccc(Br)c2)N1. The van der Waals surface area contributed by atoms with Crippen LogP contribution < -0.4 is 5.32 Å². The number of esters is 1. The second kappa shape index (κ2) is 5.60. The van der Waals surface area contributed by atoms with E-state index in [0.717, 1.165) is 10.0 Å². The number of hydrogen-bond acceptors (Lipinski definition) is 5. The molecule has 7 heteroatoms. The van der Waals surface area contributed by atoms with Crippen molar-refractivity contribution < 1.29 is 17.9 Å². The Hall–Kier alpha value is -0.920. The lowest BCUT2D eigenvalue weighted by Crippen LogP contribution is -2.51. The van der Waals surface area contributed by atoms with E-state index in [1.165, 1.54) is 7.11 Å². The second-order valence-electron chi connectivity index (χ2n) is 4.43. The lowest BCUT2D eigenvalue weighted by molar-refractivity contribution is -0.142. The number of carbonyl (C=O) groups excluding carboxylic acids is 1. The normalized spacial score (nSPS) is 25.8. The number of hydrogen-bond donors (Lipinski definition) is 1. The van der Waals surface area contributed by atoms with Gasteiger partial charge in [0, 0.05) is 10.5 Å². The number of benzene rings is 1. The highest BCUT2D eigenvalue weighted by molar-refractivity contribution is 9.10. The van der Waals surface area contributed by atoms with Gasteiger partial charge >= 0.3 is 5.97 Å². The van der Waals surface area contributed by atoms with Crippen LogP contribution in [0.5, 0.6) is 0 Å². The molecule has 1 aliphatic rings. The topological polar surface area (TPSA) is 72.5 Å². The Morgan fingerprint density at radius 3 is 2.79 bits per heavy atom. The van der Waals surface area contributed by atoms with Crippen molar-refractivity contribution in [1.82, 2.24) is 5.32 Å². The summed E-state index contributed by atoms with van der Waals surface area (Å²) in [7, 11) is -2.03. The maximum atomic E-state index is 11.9. The van der Waals surface area contributed by atoms with Crippen LogP contribution in [-0.4, -0.2) is 39.0 Å². The first-order valence-electron chi connectivity index (χ1n) is 5.71. The second-order valence-corrected chi connectivity index (χ2v) is 7.50. The van der Waals surface area contributed by atoms with Crippen molar-refractivity contribution in [2.24, 2.45) is 0 Å². The molecule has 1 fully saturated rings. The first-order chi connectivity index (χ1) is 8.91. The van der Waals surface area contributed by atoms with Gasteiger partial charge in [-0.25, -0.2) is 8.42 Å². The molecule has 0 spiro atoms. The highest BCUT2D eigenvalue weighted by Gasteiger charge is 2.36. The molecule has 1 aromatic rings. The fourth-order valence-electron chi connectivity index (χ4n) is 2.11. The van der Waals surface area contributed by atoms with Crippen LogP contribution in [0, 0.1) is 0 Å². The van der Waals surface area contributed by atoms with Gasteiger partial charge in [-0.3, -0.25) is 10.1 Å². The molecule has 0 aromatic heterocycles. The minimum atomic E-state index is -3.28. The average Bonchev–Trinajstić information content (AvgIpc) is 2.36. The third-order valence-electron chi connectivity index (χ3n) is 2.98. The van der Waals surface area contributed by atoms with Gasteiger partial charge in [0.25, 0.3) is 0 Å². The minimum Gasteiger partial charge on any atom is -0.468 e. The van der Waals surface area contributed by atoms with Gasteiger partial charge in [-0.05, 0) is 17.7 Å². The smallest absolute Gasteiger partial charge is 0.323 e. The summed E-state index contributed by atoms with van der Waals surface area (Å²) in [5, 5.41) is 3.03. The van der Waals surface area contributed by atoms with Crippen molar-refractivity contribution in [3.8, 4) is 0 Å². The molecule has 1 N–H and O–H groups in total. The van der Waals surface area contributed by atoms with Gasteiger partial charge in [-0.1, -0.05) is 28.1 Å². The van der Waals surface area contributed by atoms with Gasteiger partial charge < -0.3 is 4.74 Å². The molecule has 2 atom stereocenters. The Balaban J connectivity index is 2.28. The van der Waals surface area contributed by atoms with E-state index >= 15 is 0 Å². The van der Waals surface area contributed by atoms with Crippen LogP contribution in [0.4, 0.5) is 0 Å². The van der Waals surface area contributed by atoms with Crippen molar-refractivity contribution in [3.63, 3.8) is 0 Å². The highest BCUT2D eigenvalue weighted by Crippen LogP contribution is 2.24. The van der Waals surface area contributed by atoms with Gasteiger partial charge in [-0.15, -0.1) is 0 Å². The minimum absolute atomic E-state index is 0.0169. The van der Waals surface area contributed by atoms with Crippen LogP contribution in [0.3, 0.4) is 0 Å². The molecule has 0 bridgehead atoms. The molecule has 0 saturated carbocycles. The van der Waals surface area contributed by atoms with Crippen LogP contribution in [0.2, 0.25) is 0 Å². The number of sulfone groups is 1. The summed E-state index contributed by atoms with van der Waals surface area (Å²) in [4.78, 5) is 11.5. The largest absolute Gasteiger partial charge is 0.468 e. The highest BCUT2D eigenvalue weighted by atomic mass is 79.9. The van der Waals surface area contributed by atoms with Gasteiger partial charge in [0.2, 0.25) is 0 Å². The standard InChI is InChI=1S/C12H14BrNO4S/c1-18-12(15)11-7-19(16,17)6-10(14-11)8-3-2-4-9(13)5-8/h2-5,10-11,14H,6-7H2,1H3. The Bertz CT molecular complexity index is 587. The summed E-state index contributed by atoms with van der Waals surface area (Å²) in [6.45, 7) is 0. The first kappa shape index (κ1) is 14.5. The molecule has 1 aromatic carbocycles. The van der Waals surface area contributed by atoms with E-state index in [4.69, 9.17) is 0 Å². The Morgan fingerprint density at radius 1 is 1.42 bits per heavy atom. The zero-order chi connectivity index (χ0) is 14.0. The third kappa shape index (κ3) is 3.55. The zero-order valence-corrected chi connectivity index (χ0v) is 12.7. The molecule has 1 aliphatic heterocycles. The Labute approximate surface area is 120 Å². The maximum absolute atomic E-state index is 11.9. The number of nitrogens with one attached hydrogen (secondary N) is 1. The number of rotatable bonds is 2. The monoisotopic (exact) mass is 347 g/mol. The summed E-state index contributed by atoms with van der Waals surface area (Å²) in [5.74, 6) is -0.788. The van der Waals surface area contributed by atoms with Crippen molar-refractivity contribution >= 4 is 31.7 Å². The zero-order valence-electron chi connectivity index (χ0n) is 10.3. The average molecular weight is 348 g/mol. The fraction of sp³-hybridized carbons (Fsp3) is 0.417. The predicted molar refractivity (Wildman–Crippen MR) is 74.5 cm³/mol. The quantitative estimate of drug-likeness (QED) is 0.809. The van der Waals surface area contributed by atoms with E-state index in [1.807, 2.05) is 24.3 Å². The number of ether oxygens (including phenoxy) is 1. The summed E-state index contributed by atoms with van der Waals surface area (Å²) in [6, 6.07) is 6.14. The molecule has 2 rings (SSSR count). The van der Waals surface area contributed by atoms with E-state index in [0.29, 0.717) is 0 Å². The lowest BCUT2D eigenvalue weighted by Gasteiger charge is -2.29. The van der Waals surface area contributed by atoms with Crippen molar-refractivity contribution in [3.05, 3.63) is 34.3 Å². The fourth-order valence-corrected chi connectivity index (χ4v) is 4.20. The molecular weight excluding hydrogens is 334 g/mol. The van der Waals surface area contributed by atoms with E-state index in [1.54, 1.807) is 0 Å². The number of halogens is 1. The first-order valence-corrected chi connectivity index (χ1v) is 8.32. The molecule has 5 nitrogen and oxygen atoms in total. The van der Waals surface area contributed by atoms with Crippen LogP contribution in [-0.2, 0) is 19.4 Å². The number of carbonyl (C=O) groups is 1. The van der Waals surface area contributed by atoms with Gasteiger partial charge in [0.15, 0.2) is 9.84 Å².